The predicted molar refractivity (Wildman–Crippen MR) is 75.0 cm³/mol. The molecular weight excluding hydrogens is 244 g/mol. The first-order valence-corrected chi connectivity index (χ1v) is 7.77. The van der Waals surface area contributed by atoms with Gasteiger partial charge >= 0.3 is 0 Å². The fraction of sp³-hybridized carbons (Fsp3) is 0.769. The number of hydrogen-bond acceptors (Lipinski definition) is 5. The Labute approximate surface area is 113 Å². The highest BCUT2D eigenvalue weighted by Crippen LogP contribution is 2.15. The van der Waals surface area contributed by atoms with Gasteiger partial charge in [-0.2, -0.15) is 0 Å². The molecule has 3 heterocycles. The van der Waals surface area contributed by atoms with Gasteiger partial charge in [-0.1, -0.05) is 0 Å². The average molecular weight is 266 g/mol. The zero-order valence-corrected chi connectivity index (χ0v) is 11.9. The molecule has 0 aromatic carbocycles. The zero-order valence-electron chi connectivity index (χ0n) is 11.1. The van der Waals surface area contributed by atoms with Crippen molar-refractivity contribution in [1.29, 1.82) is 0 Å². The lowest BCUT2D eigenvalue weighted by atomic mass is 10.2. The molecule has 1 aromatic rings. The fourth-order valence-corrected chi connectivity index (χ4v) is 3.72. The number of hydrogen-bond donors (Lipinski definition) is 1. The number of nitrogens with zero attached hydrogens (tertiary/aromatic N) is 3. The minimum absolute atomic E-state index is 0.786. The maximum absolute atomic E-state index is 4.55. The number of piperazine rings is 1. The monoisotopic (exact) mass is 266 g/mol. The topological polar surface area (TPSA) is 31.4 Å². The summed E-state index contributed by atoms with van der Waals surface area (Å²) in [6, 6.07) is 0.786. The Bertz CT molecular complexity index is 378. The van der Waals surface area contributed by atoms with Gasteiger partial charge in [0.25, 0.3) is 0 Å². The van der Waals surface area contributed by atoms with Gasteiger partial charge < -0.3 is 5.32 Å². The van der Waals surface area contributed by atoms with Crippen LogP contribution in [0.4, 0.5) is 0 Å². The minimum Gasteiger partial charge on any atom is -0.315 e. The smallest absolute Gasteiger partial charge is 0.107 e. The van der Waals surface area contributed by atoms with Gasteiger partial charge in [0, 0.05) is 49.8 Å². The molecule has 5 heteroatoms. The van der Waals surface area contributed by atoms with E-state index in [0.717, 1.165) is 18.3 Å². The van der Waals surface area contributed by atoms with Gasteiger partial charge in [-0.3, -0.25) is 9.80 Å². The lowest BCUT2D eigenvalue weighted by Gasteiger charge is -2.37. The summed E-state index contributed by atoms with van der Waals surface area (Å²) in [6.45, 7) is 10.3. The van der Waals surface area contributed by atoms with E-state index in [1.807, 2.05) is 0 Å². The summed E-state index contributed by atoms with van der Waals surface area (Å²) in [4.78, 5) is 9.75. The molecule has 2 saturated heterocycles. The number of aromatic nitrogens is 1. The van der Waals surface area contributed by atoms with Gasteiger partial charge in [0.1, 0.15) is 5.01 Å². The van der Waals surface area contributed by atoms with Crippen LogP contribution in [0.25, 0.3) is 0 Å². The van der Waals surface area contributed by atoms with Gasteiger partial charge in [-0.05, 0) is 19.9 Å². The van der Waals surface area contributed by atoms with Crippen molar-refractivity contribution < 1.29 is 0 Å². The highest BCUT2D eigenvalue weighted by atomic mass is 32.1. The molecule has 1 unspecified atom stereocenters. The molecule has 3 rings (SSSR count). The Kier molecular flexibility index (Phi) is 3.94. The number of nitrogens with one attached hydrogen (secondary N) is 1. The molecule has 0 saturated carbocycles. The van der Waals surface area contributed by atoms with Gasteiger partial charge in [0.15, 0.2) is 0 Å². The number of rotatable bonds is 3. The molecule has 0 aliphatic carbocycles. The Balaban J connectivity index is 1.47. The lowest BCUT2D eigenvalue weighted by molar-refractivity contribution is 0.0980. The third-order valence-electron chi connectivity index (χ3n) is 3.98. The average Bonchev–Trinajstić information content (AvgIpc) is 3.02. The van der Waals surface area contributed by atoms with E-state index < -0.39 is 0 Å². The molecule has 2 aliphatic heterocycles. The van der Waals surface area contributed by atoms with Gasteiger partial charge in [-0.15, -0.1) is 11.3 Å². The van der Waals surface area contributed by atoms with E-state index in [9.17, 15) is 0 Å². The van der Waals surface area contributed by atoms with Crippen LogP contribution in [0.3, 0.4) is 0 Å². The predicted octanol–water partition coefficient (Wildman–Crippen LogP) is 0.931. The molecule has 1 aromatic heterocycles. The van der Waals surface area contributed by atoms with E-state index in [4.69, 9.17) is 0 Å². The van der Waals surface area contributed by atoms with Crippen molar-refractivity contribution in [1.82, 2.24) is 20.1 Å². The van der Waals surface area contributed by atoms with Crippen LogP contribution in [0.2, 0.25) is 0 Å². The maximum atomic E-state index is 4.55. The quantitative estimate of drug-likeness (QED) is 0.882. The summed E-state index contributed by atoms with van der Waals surface area (Å²) in [5, 5.41) is 6.88. The standard InChI is InChI=1S/C13H22N4S/c1-11-10-18-13(15-11)9-16-4-6-17(7-5-16)12-2-3-14-8-12/h10,12,14H,2-9H2,1H3. The zero-order chi connectivity index (χ0) is 12.4. The normalized spacial score (nSPS) is 26.8. The second-order valence-corrected chi connectivity index (χ2v) is 6.28. The van der Waals surface area contributed by atoms with Crippen molar-refractivity contribution in [2.45, 2.75) is 25.9 Å². The van der Waals surface area contributed by atoms with Crippen LogP contribution in [0.15, 0.2) is 5.38 Å². The molecule has 2 aliphatic rings. The first kappa shape index (κ1) is 12.5. The van der Waals surface area contributed by atoms with Crippen LogP contribution in [-0.2, 0) is 6.54 Å². The van der Waals surface area contributed by atoms with Gasteiger partial charge in [0.05, 0.1) is 6.54 Å². The lowest BCUT2D eigenvalue weighted by Crippen LogP contribution is -2.50. The van der Waals surface area contributed by atoms with Crippen molar-refractivity contribution in [3.8, 4) is 0 Å². The van der Waals surface area contributed by atoms with E-state index in [1.54, 1.807) is 11.3 Å². The molecule has 0 spiro atoms. The maximum Gasteiger partial charge on any atom is 0.107 e. The van der Waals surface area contributed by atoms with E-state index in [-0.39, 0.29) is 0 Å². The molecule has 18 heavy (non-hydrogen) atoms. The van der Waals surface area contributed by atoms with Crippen molar-refractivity contribution in [2.24, 2.45) is 0 Å². The Hall–Kier alpha value is -0.490. The molecule has 1 atom stereocenters. The third-order valence-corrected chi connectivity index (χ3v) is 4.93. The number of thiazole rings is 1. The number of aryl methyl sites for hydroxylation is 1. The first-order chi connectivity index (χ1) is 8.81. The van der Waals surface area contributed by atoms with Crippen LogP contribution < -0.4 is 5.32 Å². The third kappa shape index (κ3) is 2.91. The van der Waals surface area contributed by atoms with Crippen LogP contribution in [0.1, 0.15) is 17.1 Å². The summed E-state index contributed by atoms with van der Waals surface area (Å²) in [5.74, 6) is 0. The highest BCUT2D eigenvalue weighted by molar-refractivity contribution is 7.09. The minimum atomic E-state index is 0.786. The van der Waals surface area contributed by atoms with E-state index in [1.165, 1.54) is 50.7 Å². The van der Waals surface area contributed by atoms with E-state index in [0.29, 0.717) is 0 Å². The van der Waals surface area contributed by atoms with Crippen molar-refractivity contribution >= 4 is 11.3 Å². The van der Waals surface area contributed by atoms with Crippen LogP contribution >= 0.6 is 11.3 Å². The van der Waals surface area contributed by atoms with E-state index in [2.05, 4.69) is 32.4 Å². The first-order valence-electron chi connectivity index (χ1n) is 6.89. The summed E-state index contributed by atoms with van der Waals surface area (Å²) in [5.41, 5.74) is 1.16. The Morgan fingerprint density at radius 3 is 2.83 bits per heavy atom. The second kappa shape index (κ2) is 5.65. The summed E-state index contributed by atoms with van der Waals surface area (Å²) in [7, 11) is 0. The summed E-state index contributed by atoms with van der Waals surface area (Å²) < 4.78 is 0. The molecule has 0 radical (unpaired) electrons. The summed E-state index contributed by atoms with van der Waals surface area (Å²) in [6.07, 6.45) is 1.33. The van der Waals surface area contributed by atoms with Gasteiger partial charge in [0.2, 0.25) is 0 Å². The Morgan fingerprint density at radius 2 is 2.22 bits per heavy atom. The fourth-order valence-electron chi connectivity index (χ4n) is 2.90. The molecule has 0 bridgehead atoms. The molecular formula is C13H22N4S. The van der Waals surface area contributed by atoms with Crippen LogP contribution in [0.5, 0.6) is 0 Å². The van der Waals surface area contributed by atoms with Crippen LogP contribution in [-0.4, -0.2) is 60.1 Å². The van der Waals surface area contributed by atoms with Crippen LogP contribution in [0, 0.1) is 6.92 Å². The molecule has 0 amide bonds. The molecule has 100 valence electrons. The molecule has 2 fully saturated rings. The largest absolute Gasteiger partial charge is 0.315 e. The van der Waals surface area contributed by atoms with Crippen molar-refractivity contribution in [3.05, 3.63) is 16.1 Å². The van der Waals surface area contributed by atoms with Crippen molar-refractivity contribution in [3.63, 3.8) is 0 Å². The summed E-state index contributed by atoms with van der Waals surface area (Å²) >= 11 is 1.79. The SMILES string of the molecule is Cc1csc(CN2CCN(C3CCNC3)CC2)n1. The second-order valence-electron chi connectivity index (χ2n) is 5.34. The van der Waals surface area contributed by atoms with Crippen molar-refractivity contribution in [2.75, 3.05) is 39.3 Å². The van der Waals surface area contributed by atoms with E-state index >= 15 is 0 Å². The highest BCUT2D eigenvalue weighted by Gasteiger charge is 2.26. The Morgan fingerprint density at radius 1 is 1.39 bits per heavy atom. The van der Waals surface area contributed by atoms with Gasteiger partial charge in [-0.25, -0.2) is 4.98 Å². The molecule has 1 N–H and O–H groups in total. The molecule has 4 nitrogen and oxygen atoms in total.